The summed E-state index contributed by atoms with van der Waals surface area (Å²) in [4.78, 5) is 15.0. The van der Waals surface area contributed by atoms with Crippen molar-refractivity contribution in [3.8, 4) is 0 Å². The molecule has 0 aromatic carbocycles. The molecule has 6 aliphatic rings. The van der Waals surface area contributed by atoms with Gasteiger partial charge < -0.3 is 36.0 Å². The number of aliphatic hydroxyl groups excluding tert-OH is 1. The molecule has 0 amide bonds. The van der Waals surface area contributed by atoms with Gasteiger partial charge in [-0.1, -0.05) is 20.4 Å². The maximum Gasteiger partial charge on any atom is 0.303 e. The van der Waals surface area contributed by atoms with Gasteiger partial charge in [0, 0.05) is 50.7 Å². The molecule has 2 heterocycles. The van der Waals surface area contributed by atoms with Crippen LogP contribution in [0, 0.1) is 34.5 Å². The number of morpholine rings is 1. The SMILES string of the molecule is C=CC[N+]1([C@H]2C[C@H]3[C@@H]4CC[C@H]5C[C@@H](N6CCOCC6)[C@H](O)C[C@]5(C)[C@H]4CC[C@]3(C)[C@H]2OC(C)=O)CCCC1.[Br-]. The number of likely N-dealkylation sites (tertiary alicyclic amines) is 1. The van der Waals surface area contributed by atoms with Gasteiger partial charge in [0.05, 0.1) is 39.0 Å². The van der Waals surface area contributed by atoms with Gasteiger partial charge in [0.2, 0.25) is 0 Å². The quantitative estimate of drug-likeness (QED) is 0.291. The third-order valence-corrected chi connectivity index (χ3v) is 13.1. The Bertz CT molecular complexity index is 905. The summed E-state index contributed by atoms with van der Waals surface area (Å²) in [5, 5.41) is 11.5. The largest absolute Gasteiger partial charge is 1.00 e. The summed E-state index contributed by atoms with van der Waals surface area (Å²) in [6.07, 6.45) is 12.6. The number of nitrogens with zero attached hydrogens (tertiary/aromatic N) is 2. The second-order valence-corrected chi connectivity index (χ2v) is 14.6. The van der Waals surface area contributed by atoms with Crippen LogP contribution in [0.3, 0.4) is 0 Å². The van der Waals surface area contributed by atoms with Crippen LogP contribution in [0.4, 0.5) is 0 Å². The predicted molar refractivity (Wildman–Crippen MR) is 148 cm³/mol. The van der Waals surface area contributed by atoms with E-state index in [1.807, 2.05) is 0 Å². The number of fused-ring (bicyclic) bond motifs is 5. The molecule has 39 heavy (non-hydrogen) atoms. The minimum absolute atomic E-state index is 0. The normalized spacial score (nSPS) is 47.3. The molecule has 0 unspecified atom stereocenters. The molecule has 1 N–H and O–H groups in total. The van der Waals surface area contributed by atoms with Gasteiger partial charge in [-0.2, -0.15) is 0 Å². The molecule has 0 radical (unpaired) electrons. The van der Waals surface area contributed by atoms with E-state index >= 15 is 0 Å². The van der Waals surface area contributed by atoms with E-state index in [1.165, 1.54) is 51.6 Å². The van der Waals surface area contributed by atoms with Crippen molar-refractivity contribution in [2.75, 3.05) is 45.9 Å². The van der Waals surface area contributed by atoms with Gasteiger partial charge in [-0.15, -0.1) is 0 Å². The van der Waals surface area contributed by atoms with E-state index in [9.17, 15) is 9.90 Å². The van der Waals surface area contributed by atoms with Crippen LogP contribution >= 0.6 is 0 Å². The number of quaternary nitrogens is 1. The van der Waals surface area contributed by atoms with E-state index in [1.54, 1.807) is 6.92 Å². The average molecular weight is 610 g/mol. The molecular weight excluding hydrogens is 556 g/mol. The van der Waals surface area contributed by atoms with Crippen LogP contribution < -0.4 is 17.0 Å². The van der Waals surface area contributed by atoms with Crippen LogP contribution in [0.15, 0.2) is 12.7 Å². The van der Waals surface area contributed by atoms with Crippen LogP contribution in [0.5, 0.6) is 0 Å². The van der Waals surface area contributed by atoms with Crippen molar-refractivity contribution >= 4 is 5.97 Å². The highest BCUT2D eigenvalue weighted by Crippen LogP contribution is 2.67. The first-order valence-electron chi connectivity index (χ1n) is 15.9. The summed E-state index contributed by atoms with van der Waals surface area (Å²) in [5.41, 5.74) is 0.266. The van der Waals surface area contributed by atoms with Crippen LogP contribution in [0.2, 0.25) is 0 Å². The zero-order valence-corrected chi connectivity index (χ0v) is 26.2. The molecule has 0 spiro atoms. The Kier molecular flexibility index (Phi) is 8.70. The van der Waals surface area contributed by atoms with E-state index in [4.69, 9.17) is 9.47 Å². The molecule has 6 nitrogen and oxygen atoms in total. The third-order valence-electron chi connectivity index (χ3n) is 13.1. The third kappa shape index (κ3) is 4.88. The first-order chi connectivity index (χ1) is 18.2. The van der Waals surface area contributed by atoms with Crippen molar-refractivity contribution in [3.05, 3.63) is 12.7 Å². The Labute approximate surface area is 247 Å². The summed E-state index contributed by atoms with van der Waals surface area (Å²) >= 11 is 0. The number of carbonyl (C=O) groups excluding carboxylic acids is 1. The zero-order chi connectivity index (χ0) is 26.7. The number of rotatable bonds is 5. The lowest BCUT2D eigenvalue weighted by atomic mass is 9.44. The Hall–Kier alpha value is -0.470. The summed E-state index contributed by atoms with van der Waals surface area (Å²) < 4.78 is 13.0. The topological polar surface area (TPSA) is 59.0 Å². The molecular formula is C32H53BrN2O4. The molecule has 6 fully saturated rings. The van der Waals surface area contributed by atoms with Crippen LogP contribution in [-0.4, -0.2) is 90.7 Å². The van der Waals surface area contributed by atoms with Crippen molar-refractivity contribution < 1.29 is 40.8 Å². The highest BCUT2D eigenvalue weighted by Gasteiger charge is 2.67. The lowest BCUT2D eigenvalue weighted by molar-refractivity contribution is -0.937. The molecule has 6 rings (SSSR count). The Morgan fingerprint density at radius 3 is 2.49 bits per heavy atom. The maximum absolute atomic E-state index is 12.5. The minimum Gasteiger partial charge on any atom is -1.00 e. The lowest BCUT2D eigenvalue weighted by Gasteiger charge is -2.62. The summed E-state index contributed by atoms with van der Waals surface area (Å²) in [6.45, 7) is 17.7. The number of hydrogen-bond donors (Lipinski definition) is 1. The fourth-order valence-electron chi connectivity index (χ4n) is 11.3. The molecule has 222 valence electrons. The Morgan fingerprint density at radius 1 is 1.10 bits per heavy atom. The van der Waals surface area contributed by atoms with Crippen molar-refractivity contribution in [3.63, 3.8) is 0 Å². The second kappa shape index (κ2) is 11.3. The van der Waals surface area contributed by atoms with Gasteiger partial charge in [0.15, 0.2) is 6.10 Å². The van der Waals surface area contributed by atoms with E-state index < -0.39 is 0 Å². The standard InChI is InChI=1S/C32H53N2O4.BrH/c1-5-14-34(15-6-7-16-34)28-20-26-24-9-8-23-19-27(33-12-17-37-18-13-33)29(36)21-32(23,4)25(24)10-11-31(26,3)30(28)38-22(2)35;/h5,23-30,36H,1,6-21H2,2-4H3;1H/q+1;/p-1/t23-,24+,25-,26-,27+,28-,29+,30-,31-,32-;/m0./s1. The summed E-state index contributed by atoms with van der Waals surface area (Å²) in [7, 11) is 0. The van der Waals surface area contributed by atoms with Gasteiger partial charge in [-0.3, -0.25) is 9.69 Å². The van der Waals surface area contributed by atoms with E-state index in [0.717, 1.165) is 56.6 Å². The van der Waals surface area contributed by atoms with Crippen LogP contribution in [-0.2, 0) is 14.3 Å². The van der Waals surface area contributed by atoms with Crippen molar-refractivity contribution in [1.82, 2.24) is 4.90 Å². The van der Waals surface area contributed by atoms with Crippen LogP contribution in [0.25, 0.3) is 0 Å². The minimum atomic E-state index is -0.238. The van der Waals surface area contributed by atoms with E-state index in [0.29, 0.717) is 35.8 Å². The Balaban J connectivity index is 0.00000308. The fraction of sp³-hybridized carbons (Fsp3) is 0.906. The van der Waals surface area contributed by atoms with Gasteiger partial charge in [-0.05, 0) is 73.7 Å². The smallest absolute Gasteiger partial charge is 0.303 e. The molecule has 2 saturated heterocycles. The number of hydrogen-bond acceptors (Lipinski definition) is 5. The van der Waals surface area contributed by atoms with Crippen molar-refractivity contribution in [2.45, 2.75) is 103 Å². The monoisotopic (exact) mass is 608 g/mol. The highest BCUT2D eigenvalue weighted by atomic mass is 79.9. The van der Waals surface area contributed by atoms with Crippen molar-refractivity contribution in [1.29, 1.82) is 0 Å². The highest BCUT2D eigenvalue weighted by molar-refractivity contribution is 5.66. The first kappa shape index (κ1) is 30.0. The van der Waals surface area contributed by atoms with Gasteiger partial charge in [0.25, 0.3) is 0 Å². The fourth-order valence-corrected chi connectivity index (χ4v) is 11.3. The maximum atomic E-state index is 12.5. The molecule has 4 saturated carbocycles. The van der Waals surface area contributed by atoms with E-state index in [2.05, 4.69) is 31.4 Å². The molecule has 10 atom stereocenters. The summed E-state index contributed by atoms with van der Waals surface area (Å²) in [6, 6.07) is 0.686. The summed E-state index contributed by atoms with van der Waals surface area (Å²) in [5.74, 6) is 2.53. The Morgan fingerprint density at radius 2 is 1.82 bits per heavy atom. The van der Waals surface area contributed by atoms with Gasteiger partial charge >= 0.3 is 5.97 Å². The van der Waals surface area contributed by atoms with Gasteiger partial charge in [0.1, 0.15) is 6.04 Å². The zero-order valence-electron chi connectivity index (χ0n) is 24.7. The number of esters is 1. The lowest BCUT2D eigenvalue weighted by Crippen LogP contribution is -3.00. The number of aliphatic hydroxyl groups is 1. The number of halogens is 1. The number of ether oxygens (including phenoxy) is 2. The second-order valence-electron chi connectivity index (χ2n) is 14.6. The molecule has 4 aliphatic carbocycles. The average Bonchev–Trinajstić information content (AvgIpc) is 3.47. The molecule has 0 aromatic heterocycles. The molecule has 0 aromatic rings. The first-order valence-corrected chi connectivity index (χ1v) is 15.9. The van der Waals surface area contributed by atoms with E-state index in [-0.39, 0.29) is 46.0 Å². The molecule has 0 bridgehead atoms. The predicted octanol–water partition coefficient (Wildman–Crippen LogP) is 1.41. The van der Waals surface area contributed by atoms with Crippen molar-refractivity contribution in [2.24, 2.45) is 34.5 Å². The molecule has 7 heteroatoms. The van der Waals surface area contributed by atoms with Crippen LogP contribution in [0.1, 0.15) is 78.6 Å². The van der Waals surface area contributed by atoms with Gasteiger partial charge in [-0.25, -0.2) is 0 Å². The molecule has 2 aliphatic heterocycles. The number of carbonyl (C=O) groups is 1.